The number of fused-ring (bicyclic) bond motifs is 3. The Morgan fingerprint density at radius 2 is 2.14 bits per heavy atom. The average Bonchev–Trinajstić information content (AvgIpc) is 3.19. The van der Waals surface area contributed by atoms with Gasteiger partial charge in [-0.2, -0.15) is 0 Å². The number of halogens is 1. The van der Waals surface area contributed by atoms with Crippen LogP contribution in [0, 0.1) is 17.7 Å². The standard InChI is InChI=1S/C22H30FN5O/c1-2-3-4-19-13-28(26-25-19)14-20-11-17-9-10-27(20)15-21(17)22(29)24-12-16-5-7-18(23)8-6-16/h5-8,13,17,20-21H,2-4,9-12,14-15H2,1H3,(H,24,29). The van der Waals surface area contributed by atoms with Gasteiger partial charge in [-0.1, -0.05) is 30.7 Å². The Kier molecular flexibility index (Phi) is 6.23. The van der Waals surface area contributed by atoms with Crippen molar-refractivity contribution in [3.05, 3.63) is 47.5 Å². The summed E-state index contributed by atoms with van der Waals surface area (Å²) in [5.74, 6) is 0.316. The summed E-state index contributed by atoms with van der Waals surface area (Å²) in [5, 5.41) is 11.6. The molecule has 3 fully saturated rings. The van der Waals surface area contributed by atoms with Gasteiger partial charge < -0.3 is 5.32 Å². The van der Waals surface area contributed by atoms with E-state index in [9.17, 15) is 9.18 Å². The number of piperidine rings is 3. The van der Waals surface area contributed by atoms with Gasteiger partial charge in [0.1, 0.15) is 5.82 Å². The molecule has 1 amide bonds. The molecule has 0 aliphatic carbocycles. The van der Waals surface area contributed by atoms with Crippen LogP contribution in [-0.4, -0.2) is 44.9 Å². The van der Waals surface area contributed by atoms with E-state index in [1.807, 2.05) is 4.68 Å². The van der Waals surface area contributed by atoms with Gasteiger partial charge in [0.15, 0.2) is 0 Å². The van der Waals surface area contributed by atoms with Gasteiger partial charge in [-0.3, -0.25) is 14.4 Å². The van der Waals surface area contributed by atoms with Crippen molar-refractivity contribution in [2.24, 2.45) is 11.8 Å². The second-order valence-electron chi connectivity index (χ2n) is 8.42. The monoisotopic (exact) mass is 399 g/mol. The Labute approximate surface area is 171 Å². The minimum atomic E-state index is -0.256. The van der Waals surface area contributed by atoms with E-state index >= 15 is 0 Å². The zero-order valence-corrected chi connectivity index (χ0v) is 17.1. The third-order valence-corrected chi connectivity index (χ3v) is 6.37. The molecule has 5 rings (SSSR count). The zero-order valence-electron chi connectivity index (χ0n) is 17.1. The molecule has 2 aromatic rings. The van der Waals surface area contributed by atoms with Crippen molar-refractivity contribution in [3.63, 3.8) is 0 Å². The first-order valence-electron chi connectivity index (χ1n) is 10.8. The normalized spacial score (nSPS) is 25.9. The molecule has 0 spiro atoms. The van der Waals surface area contributed by atoms with Crippen LogP contribution in [0.15, 0.2) is 30.5 Å². The van der Waals surface area contributed by atoms with Crippen molar-refractivity contribution in [3.8, 4) is 0 Å². The van der Waals surface area contributed by atoms with Gasteiger partial charge in [-0.15, -0.1) is 5.10 Å². The first kappa shape index (κ1) is 20.0. The minimum Gasteiger partial charge on any atom is -0.352 e. The van der Waals surface area contributed by atoms with Crippen molar-refractivity contribution in [1.82, 2.24) is 25.2 Å². The number of benzene rings is 1. The van der Waals surface area contributed by atoms with Crippen LogP contribution >= 0.6 is 0 Å². The van der Waals surface area contributed by atoms with Gasteiger partial charge in [-0.05, 0) is 55.8 Å². The topological polar surface area (TPSA) is 63.1 Å². The number of hydrogen-bond acceptors (Lipinski definition) is 4. The third-order valence-electron chi connectivity index (χ3n) is 6.37. The molecule has 3 saturated heterocycles. The van der Waals surface area contributed by atoms with Crippen LogP contribution in [0.1, 0.15) is 43.9 Å². The van der Waals surface area contributed by atoms with Crippen molar-refractivity contribution in [2.75, 3.05) is 13.1 Å². The molecule has 29 heavy (non-hydrogen) atoms. The molecule has 2 bridgehead atoms. The SMILES string of the molecule is CCCCc1cn(CC2CC3CCN2CC3C(=O)NCc2ccc(F)cc2)nn1. The number of rotatable bonds is 8. The molecule has 4 unspecified atom stereocenters. The molecule has 0 saturated carbocycles. The van der Waals surface area contributed by atoms with Crippen molar-refractivity contribution >= 4 is 5.91 Å². The lowest BCUT2D eigenvalue weighted by Crippen LogP contribution is -2.58. The van der Waals surface area contributed by atoms with Gasteiger partial charge >= 0.3 is 0 Å². The van der Waals surface area contributed by atoms with E-state index in [0.29, 0.717) is 18.5 Å². The smallest absolute Gasteiger partial charge is 0.224 e. The van der Waals surface area contributed by atoms with Gasteiger partial charge in [0.2, 0.25) is 5.91 Å². The number of nitrogens with one attached hydrogen (secondary N) is 1. The van der Waals surface area contributed by atoms with Crippen LogP contribution in [0.5, 0.6) is 0 Å². The molecule has 1 aromatic carbocycles. The Bertz CT molecular complexity index is 821. The molecule has 1 aromatic heterocycles. The lowest BCUT2D eigenvalue weighted by molar-refractivity contribution is -0.133. The van der Waals surface area contributed by atoms with Gasteiger partial charge in [0.05, 0.1) is 18.2 Å². The molecular weight excluding hydrogens is 369 g/mol. The summed E-state index contributed by atoms with van der Waals surface area (Å²) in [6.45, 7) is 5.34. The molecule has 3 aliphatic heterocycles. The van der Waals surface area contributed by atoms with Crippen molar-refractivity contribution in [2.45, 2.75) is 58.2 Å². The van der Waals surface area contributed by atoms with Crippen LogP contribution in [0.3, 0.4) is 0 Å². The van der Waals surface area contributed by atoms with Crippen molar-refractivity contribution < 1.29 is 9.18 Å². The summed E-state index contributed by atoms with van der Waals surface area (Å²) < 4.78 is 15.0. The molecule has 1 N–H and O–H groups in total. The van der Waals surface area contributed by atoms with Gasteiger partial charge in [-0.25, -0.2) is 4.39 Å². The number of aromatic nitrogens is 3. The molecular formula is C22H30FN5O. The molecule has 6 nitrogen and oxygen atoms in total. The Morgan fingerprint density at radius 3 is 2.86 bits per heavy atom. The number of aryl methyl sites for hydroxylation is 1. The molecule has 7 heteroatoms. The van der Waals surface area contributed by atoms with Crippen LogP contribution in [0.2, 0.25) is 0 Å². The highest BCUT2D eigenvalue weighted by molar-refractivity contribution is 5.79. The number of nitrogens with zero attached hydrogens (tertiary/aromatic N) is 4. The van der Waals surface area contributed by atoms with E-state index < -0.39 is 0 Å². The van der Waals surface area contributed by atoms with E-state index in [-0.39, 0.29) is 17.6 Å². The predicted octanol–water partition coefficient (Wildman–Crippen LogP) is 2.79. The van der Waals surface area contributed by atoms with E-state index in [2.05, 4.69) is 33.6 Å². The molecule has 156 valence electrons. The van der Waals surface area contributed by atoms with Crippen LogP contribution in [0.25, 0.3) is 0 Å². The van der Waals surface area contributed by atoms with E-state index in [1.54, 1.807) is 12.1 Å². The highest BCUT2D eigenvalue weighted by Gasteiger charge is 2.43. The fraction of sp³-hybridized carbons (Fsp3) is 0.591. The summed E-state index contributed by atoms with van der Waals surface area (Å²) in [7, 11) is 0. The lowest BCUT2D eigenvalue weighted by Gasteiger charge is -2.49. The van der Waals surface area contributed by atoms with Crippen LogP contribution in [0.4, 0.5) is 4.39 Å². The molecule has 0 radical (unpaired) electrons. The first-order valence-corrected chi connectivity index (χ1v) is 10.8. The highest BCUT2D eigenvalue weighted by atomic mass is 19.1. The number of hydrogen-bond donors (Lipinski definition) is 1. The summed E-state index contributed by atoms with van der Waals surface area (Å²) in [6.07, 6.45) is 7.47. The largest absolute Gasteiger partial charge is 0.352 e. The van der Waals surface area contributed by atoms with E-state index in [1.165, 1.54) is 12.1 Å². The minimum absolute atomic E-state index is 0.0382. The molecule has 4 heterocycles. The fourth-order valence-electron chi connectivity index (χ4n) is 4.66. The Balaban J connectivity index is 1.29. The zero-order chi connectivity index (χ0) is 20.2. The third kappa shape index (κ3) is 4.83. The second kappa shape index (κ2) is 9.03. The summed E-state index contributed by atoms with van der Waals surface area (Å²) in [4.78, 5) is 15.2. The highest BCUT2D eigenvalue weighted by Crippen LogP contribution is 2.37. The molecule has 3 aliphatic rings. The van der Waals surface area contributed by atoms with Gasteiger partial charge in [0.25, 0.3) is 0 Å². The first-order chi connectivity index (χ1) is 14.1. The van der Waals surface area contributed by atoms with Crippen LogP contribution in [-0.2, 0) is 24.3 Å². The van der Waals surface area contributed by atoms with Crippen molar-refractivity contribution in [1.29, 1.82) is 0 Å². The van der Waals surface area contributed by atoms with E-state index in [0.717, 1.165) is 63.0 Å². The summed E-state index contributed by atoms with van der Waals surface area (Å²) in [5.41, 5.74) is 1.99. The number of unbranched alkanes of at least 4 members (excludes halogenated alkanes) is 1. The second-order valence-corrected chi connectivity index (χ2v) is 8.42. The van der Waals surface area contributed by atoms with Crippen LogP contribution < -0.4 is 5.32 Å². The number of carbonyl (C=O) groups is 1. The maximum atomic E-state index is 13.0. The quantitative estimate of drug-likeness (QED) is 0.741. The lowest BCUT2D eigenvalue weighted by atomic mass is 9.75. The number of amides is 1. The summed E-state index contributed by atoms with van der Waals surface area (Å²) >= 11 is 0. The maximum absolute atomic E-state index is 13.0. The maximum Gasteiger partial charge on any atom is 0.224 e. The predicted molar refractivity (Wildman–Crippen MR) is 108 cm³/mol. The average molecular weight is 400 g/mol. The Hall–Kier alpha value is -2.28. The van der Waals surface area contributed by atoms with E-state index in [4.69, 9.17) is 0 Å². The Morgan fingerprint density at radius 1 is 1.31 bits per heavy atom. The fourth-order valence-corrected chi connectivity index (χ4v) is 4.66. The summed E-state index contributed by atoms with van der Waals surface area (Å²) in [6, 6.07) is 6.72. The van der Waals surface area contributed by atoms with Gasteiger partial charge in [0, 0.05) is 25.3 Å². The number of carbonyl (C=O) groups excluding carboxylic acids is 1. The molecule has 4 atom stereocenters.